The fourth-order valence-electron chi connectivity index (χ4n) is 3.20. The molecule has 0 spiro atoms. The minimum Gasteiger partial charge on any atom is -0.497 e. The lowest BCUT2D eigenvalue weighted by atomic mass is 10.0. The van der Waals surface area contributed by atoms with E-state index in [0.717, 1.165) is 5.56 Å². The summed E-state index contributed by atoms with van der Waals surface area (Å²) in [4.78, 5) is 31.6. The molecule has 2 amide bonds. The van der Waals surface area contributed by atoms with Gasteiger partial charge in [-0.05, 0) is 49.1 Å². The first-order valence-corrected chi connectivity index (χ1v) is 11.6. The van der Waals surface area contributed by atoms with Crippen LogP contribution in [-0.4, -0.2) is 35.9 Å². The number of amidine groups is 1. The summed E-state index contributed by atoms with van der Waals surface area (Å²) in [6.45, 7) is 8.10. The summed E-state index contributed by atoms with van der Waals surface area (Å²) < 4.78 is 5.32. The van der Waals surface area contributed by atoms with E-state index in [1.165, 1.54) is 22.2 Å². The van der Waals surface area contributed by atoms with Crippen molar-refractivity contribution in [3.05, 3.63) is 65.4 Å². The molecular weight excluding hydrogens is 422 g/mol. The Bertz CT molecular complexity index is 1040. The van der Waals surface area contributed by atoms with Gasteiger partial charge >= 0.3 is 0 Å². The first kappa shape index (κ1) is 23.6. The molecule has 0 fully saturated rings. The van der Waals surface area contributed by atoms with Crippen molar-refractivity contribution >= 4 is 40.5 Å². The predicted molar refractivity (Wildman–Crippen MR) is 132 cm³/mol. The quantitative estimate of drug-likeness (QED) is 0.613. The van der Waals surface area contributed by atoms with Gasteiger partial charge < -0.3 is 10.1 Å². The third-order valence-electron chi connectivity index (χ3n) is 4.83. The van der Waals surface area contributed by atoms with Crippen LogP contribution in [0.3, 0.4) is 0 Å². The van der Waals surface area contributed by atoms with Crippen LogP contribution in [0.1, 0.15) is 44.7 Å². The Morgan fingerprint density at radius 2 is 1.88 bits per heavy atom. The number of nitrogens with zero attached hydrogens (tertiary/aromatic N) is 2. The van der Waals surface area contributed by atoms with Gasteiger partial charge in [-0.3, -0.25) is 14.5 Å². The molecule has 1 aliphatic heterocycles. The van der Waals surface area contributed by atoms with Crippen molar-refractivity contribution in [2.45, 2.75) is 39.7 Å². The Morgan fingerprint density at radius 1 is 1.16 bits per heavy atom. The van der Waals surface area contributed by atoms with Gasteiger partial charge in [-0.25, -0.2) is 4.99 Å². The van der Waals surface area contributed by atoms with Gasteiger partial charge in [0.05, 0.1) is 18.6 Å². The molecule has 1 aliphatic rings. The van der Waals surface area contributed by atoms with E-state index in [1.54, 1.807) is 19.3 Å². The van der Waals surface area contributed by atoms with Crippen LogP contribution < -0.4 is 15.0 Å². The van der Waals surface area contributed by atoms with Gasteiger partial charge in [0.25, 0.3) is 5.91 Å². The van der Waals surface area contributed by atoms with Crippen LogP contribution in [0.15, 0.2) is 59.2 Å². The summed E-state index contributed by atoms with van der Waals surface area (Å²) in [5.41, 5.74) is 3.11. The number of benzene rings is 2. The highest BCUT2D eigenvalue weighted by Crippen LogP contribution is 2.31. The summed E-state index contributed by atoms with van der Waals surface area (Å²) >= 11 is 1.24. The number of methoxy groups -OCH3 is 1. The largest absolute Gasteiger partial charge is 0.497 e. The number of aliphatic imine (C=N–C) groups is 1. The van der Waals surface area contributed by atoms with Crippen molar-refractivity contribution < 1.29 is 14.3 Å². The molecule has 6 nitrogen and oxygen atoms in total. The van der Waals surface area contributed by atoms with Gasteiger partial charge in [0.2, 0.25) is 5.91 Å². The minimum atomic E-state index is -0.238. The van der Waals surface area contributed by atoms with Crippen LogP contribution in [0.5, 0.6) is 5.75 Å². The predicted octanol–water partition coefficient (Wildman–Crippen LogP) is 4.82. The van der Waals surface area contributed by atoms with Gasteiger partial charge in [0.15, 0.2) is 5.17 Å². The summed E-state index contributed by atoms with van der Waals surface area (Å²) in [6, 6.07) is 15.4. The van der Waals surface area contributed by atoms with Crippen LogP contribution in [0, 0.1) is 0 Å². The standard InChI is InChI=1S/C25H29N3O3S/c1-16(2)19-11-9-18(10-12-19)13-22-24(30)28(20-7-6-8-21(14-20)31-5)25(27-22)32-15-23(29)26-17(3)4/h6-14,16-17H,15H2,1-5H3,(H,26,29)/b22-13+. The maximum absolute atomic E-state index is 13.3. The molecule has 0 bridgehead atoms. The molecule has 0 saturated heterocycles. The molecule has 1 heterocycles. The highest BCUT2D eigenvalue weighted by molar-refractivity contribution is 8.14. The smallest absolute Gasteiger partial charge is 0.283 e. The van der Waals surface area contributed by atoms with Crippen molar-refractivity contribution in [1.82, 2.24) is 5.32 Å². The molecule has 7 heteroatoms. The SMILES string of the molecule is COc1cccc(N2C(=O)/C(=C\c3ccc(C(C)C)cc3)N=C2SCC(=O)NC(C)C)c1. The number of amides is 2. The van der Waals surface area contributed by atoms with Gasteiger partial charge in [-0.2, -0.15) is 0 Å². The molecule has 2 aromatic rings. The highest BCUT2D eigenvalue weighted by Gasteiger charge is 2.32. The molecule has 0 unspecified atom stereocenters. The first-order chi connectivity index (χ1) is 15.3. The van der Waals surface area contributed by atoms with Crippen LogP contribution >= 0.6 is 11.8 Å². The molecule has 168 valence electrons. The molecule has 0 atom stereocenters. The second-order valence-electron chi connectivity index (χ2n) is 8.10. The Kier molecular flexibility index (Phi) is 7.75. The summed E-state index contributed by atoms with van der Waals surface area (Å²) in [5, 5.41) is 3.33. The van der Waals surface area contributed by atoms with Crippen molar-refractivity contribution in [3.63, 3.8) is 0 Å². The number of rotatable bonds is 7. The molecule has 2 aromatic carbocycles. The van der Waals surface area contributed by atoms with E-state index in [1.807, 2.05) is 44.2 Å². The van der Waals surface area contributed by atoms with E-state index in [2.05, 4.69) is 36.3 Å². The number of hydrogen-bond donors (Lipinski definition) is 1. The monoisotopic (exact) mass is 451 g/mol. The summed E-state index contributed by atoms with van der Waals surface area (Å²) in [6.07, 6.45) is 1.78. The van der Waals surface area contributed by atoms with Crippen molar-refractivity contribution in [2.75, 3.05) is 17.8 Å². The normalized spacial score (nSPS) is 15.0. The average Bonchev–Trinajstić information content (AvgIpc) is 3.07. The number of ether oxygens (including phenoxy) is 1. The molecule has 1 N–H and O–H groups in total. The lowest BCUT2D eigenvalue weighted by molar-refractivity contribution is -0.119. The fourth-order valence-corrected chi connectivity index (χ4v) is 4.02. The van der Waals surface area contributed by atoms with Crippen LogP contribution in [0.25, 0.3) is 6.08 Å². The summed E-state index contributed by atoms with van der Waals surface area (Å²) in [5.74, 6) is 0.900. The topological polar surface area (TPSA) is 71.0 Å². The second kappa shape index (κ2) is 10.5. The number of hydrogen-bond acceptors (Lipinski definition) is 5. The van der Waals surface area contributed by atoms with Gasteiger partial charge in [-0.1, -0.05) is 55.9 Å². The van der Waals surface area contributed by atoms with Gasteiger partial charge in [0.1, 0.15) is 11.4 Å². The number of anilines is 1. The van der Waals surface area contributed by atoms with E-state index in [-0.39, 0.29) is 23.6 Å². The van der Waals surface area contributed by atoms with Gasteiger partial charge in [0, 0.05) is 12.1 Å². The molecule has 0 aromatic heterocycles. The van der Waals surface area contributed by atoms with Gasteiger partial charge in [-0.15, -0.1) is 0 Å². The highest BCUT2D eigenvalue weighted by atomic mass is 32.2. The lowest BCUT2D eigenvalue weighted by Gasteiger charge is -2.18. The third-order valence-corrected chi connectivity index (χ3v) is 5.77. The molecule has 0 aliphatic carbocycles. The third kappa shape index (κ3) is 5.79. The van der Waals surface area contributed by atoms with E-state index in [4.69, 9.17) is 4.74 Å². The van der Waals surface area contributed by atoms with Crippen molar-refractivity contribution in [1.29, 1.82) is 0 Å². The number of carbonyl (C=O) groups is 2. The average molecular weight is 452 g/mol. The second-order valence-corrected chi connectivity index (χ2v) is 9.04. The Hall–Kier alpha value is -3.06. The number of thioether (sulfide) groups is 1. The zero-order chi connectivity index (χ0) is 23.3. The van der Waals surface area contributed by atoms with E-state index < -0.39 is 0 Å². The first-order valence-electron chi connectivity index (χ1n) is 10.6. The van der Waals surface area contributed by atoms with Crippen LogP contribution in [-0.2, 0) is 9.59 Å². The molecule has 0 radical (unpaired) electrons. The van der Waals surface area contributed by atoms with Crippen LogP contribution in [0.4, 0.5) is 5.69 Å². The minimum absolute atomic E-state index is 0.0500. The maximum atomic E-state index is 13.3. The zero-order valence-electron chi connectivity index (χ0n) is 19.1. The molecule has 3 rings (SSSR count). The number of nitrogens with one attached hydrogen (secondary N) is 1. The lowest BCUT2D eigenvalue weighted by Crippen LogP contribution is -2.34. The Labute approximate surface area is 193 Å². The Morgan fingerprint density at radius 3 is 2.50 bits per heavy atom. The zero-order valence-corrected chi connectivity index (χ0v) is 19.9. The fraction of sp³-hybridized carbons (Fsp3) is 0.320. The van der Waals surface area contributed by atoms with E-state index in [0.29, 0.717) is 28.2 Å². The molecule has 32 heavy (non-hydrogen) atoms. The maximum Gasteiger partial charge on any atom is 0.283 e. The molecule has 0 saturated carbocycles. The van der Waals surface area contributed by atoms with Crippen LogP contribution in [0.2, 0.25) is 0 Å². The number of carbonyl (C=O) groups excluding carboxylic acids is 2. The van der Waals surface area contributed by atoms with E-state index >= 15 is 0 Å². The van der Waals surface area contributed by atoms with E-state index in [9.17, 15) is 9.59 Å². The molecular formula is C25H29N3O3S. The summed E-state index contributed by atoms with van der Waals surface area (Å²) in [7, 11) is 1.58. The van der Waals surface area contributed by atoms with Crippen molar-refractivity contribution in [2.24, 2.45) is 4.99 Å². The Balaban J connectivity index is 1.91. The van der Waals surface area contributed by atoms with Crippen molar-refractivity contribution in [3.8, 4) is 5.75 Å².